The number of fused-ring (bicyclic) bond motifs is 1. The predicted octanol–water partition coefficient (Wildman–Crippen LogP) is 2.94. The first kappa shape index (κ1) is 18.7. The van der Waals surface area contributed by atoms with Gasteiger partial charge < -0.3 is 15.4 Å². The number of hydrogen-bond acceptors (Lipinski definition) is 4. The largest absolute Gasteiger partial charge is 0.489 e. The van der Waals surface area contributed by atoms with Crippen molar-refractivity contribution < 1.29 is 14.3 Å². The van der Waals surface area contributed by atoms with E-state index in [1.54, 1.807) is 37.2 Å². The minimum absolute atomic E-state index is 0.0688. The summed E-state index contributed by atoms with van der Waals surface area (Å²) in [6.45, 7) is 1.97. The highest BCUT2D eigenvalue weighted by Gasteiger charge is 2.36. The molecule has 7 nitrogen and oxygen atoms in total. The van der Waals surface area contributed by atoms with Crippen molar-refractivity contribution >= 4 is 17.5 Å². The van der Waals surface area contributed by atoms with E-state index in [1.165, 1.54) is 0 Å². The lowest BCUT2D eigenvalue weighted by Crippen LogP contribution is -2.20. The van der Waals surface area contributed by atoms with Gasteiger partial charge in [0.05, 0.1) is 17.4 Å². The van der Waals surface area contributed by atoms with Gasteiger partial charge in [-0.15, -0.1) is 0 Å². The first-order valence-electron chi connectivity index (χ1n) is 9.39. The topological polar surface area (TPSA) is 85.3 Å². The summed E-state index contributed by atoms with van der Waals surface area (Å²) in [4.78, 5) is 25.4. The number of ether oxygens (including phenoxy) is 1. The summed E-state index contributed by atoms with van der Waals surface area (Å²) in [7, 11) is 3.34. The van der Waals surface area contributed by atoms with Crippen LogP contribution in [0.5, 0.6) is 5.75 Å². The maximum Gasteiger partial charge on any atom is 0.255 e. The average molecular weight is 390 g/mol. The lowest BCUT2D eigenvalue weighted by atomic mass is 9.87. The SMILES string of the molecule is CNC(=O)c1cc(C(=O)Nc2cnn(C)c2)cc2c1OC(C)C2c1ccccc1. The molecule has 0 fully saturated rings. The van der Waals surface area contributed by atoms with Gasteiger partial charge in [-0.2, -0.15) is 5.10 Å². The molecule has 2 amide bonds. The molecule has 0 saturated carbocycles. The standard InChI is InChI=1S/C22H22N4O3/c1-13-19(14-7-5-4-6-8-14)17-9-15(10-18(20(17)29-13)22(28)23-2)21(27)25-16-11-24-26(3)12-16/h4-13,19H,1-3H3,(H,23,28)(H,25,27). The van der Waals surface area contributed by atoms with Gasteiger partial charge in [0.2, 0.25) is 0 Å². The lowest BCUT2D eigenvalue weighted by Gasteiger charge is -2.15. The highest BCUT2D eigenvalue weighted by molar-refractivity contribution is 6.07. The Morgan fingerprint density at radius 1 is 1.14 bits per heavy atom. The van der Waals surface area contributed by atoms with E-state index in [4.69, 9.17) is 4.74 Å². The number of aromatic nitrogens is 2. The Morgan fingerprint density at radius 3 is 2.55 bits per heavy atom. The lowest BCUT2D eigenvalue weighted by molar-refractivity contribution is 0.0958. The fourth-order valence-corrected chi connectivity index (χ4v) is 3.76. The zero-order valence-electron chi connectivity index (χ0n) is 16.5. The van der Waals surface area contributed by atoms with Crippen molar-refractivity contribution in [3.05, 3.63) is 77.1 Å². The normalized spacial score (nSPS) is 17.3. The second kappa shape index (κ2) is 7.43. The van der Waals surface area contributed by atoms with Crippen LogP contribution in [-0.2, 0) is 7.05 Å². The molecule has 0 spiro atoms. The number of rotatable bonds is 4. The predicted molar refractivity (Wildman–Crippen MR) is 109 cm³/mol. The summed E-state index contributed by atoms with van der Waals surface area (Å²) < 4.78 is 7.68. The maximum absolute atomic E-state index is 12.9. The third-order valence-electron chi connectivity index (χ3n) is 5.08. The fraction of sp³-hybridized carbons (Fsp3) is 0.227. The number of aryl methyl sites for hydroxylation is 1. The van der Waals surface area contributed by atoms with E-state index in [9.17, 15) is 9.59 Å². The van der Waals surface area contributed by atoms with Crippen LogP contribution in [0.3, 0.4) is 0 Å². The van der Waals surface area contributed by atoms with Gasteiger partial charge >= 0.3 is 0 Å². The molecule has 2 atom stereocenters. The van der Waals surface area contributed by atoms with Crippen molar-refractivity contribution in [2.24, 2.45) is 7.05 Å². The molecule has 7 heteroatoms. The summed E-state index contributed by atoms with van der Waals surface area (Å²) in [6, 6.07) is 13.3. The molecular formula is C22H22N4O3. The molecule has 148 valence electrons. The molecule has 2 heterocycles. The fourth-order valence-electron chi connectivity index (χ4n) is 3.76. The van der Waals surface area contributed by atoms with Crippen molar-refractivity contribution in [2.45, 2.75) is 18.9 Å². The highest BCUT2D eigenvalue weighted by Crippen LogP contribution is 2.44. The number of nitrogens with zero attached hydrogens (tertiary/aromatic N) is 2. The van der Waals surface area contributed by atoms with Crippen molar-refractivity contribution in [3.8, 4) is 5.75 Å². The Balaban J connectivity index is 1.79. The average Bonchev–Trinajstić information content (AvgIpc) is 3.28. The smallest absolute Gasteiger partial charge is 0.255 e. The number of amides is 2. The molecule has 0 aliphatic carbocycles. The van der Waals surface area contributed by atoms with Crippen molar-refractivity contribution in [3.63, 3.8) is 0 Å². The number of anilines is 1. The molecular weight excluding hydrogens is 368 g/mol. The Morgan fingerprint density at radius 2 is 1.90 bits per heavy atom. The molecule has 0 bridgehead atoms. The van der Waals surface area contributed by atoms with E-state index < -0.39 is 0 Å². The van der Waals surface area contributed by atoms with E-state index in [-0.39, 0.29) is 23.8 Å². The van der Waals surface area contributed by atoms with Crippen molar-refractivity contribution in [1.29, 1.82) is 0 Å². The van der Waals surface area contributed by atoms with E-state index in [2.05, 4.69) is 15.7 Å². The minimum atomic E-state index is -0.308. The number of benzene rings is 2. The van der Waals surface area contributed by atoms with Gasteiger partial charge in [-0.3, -0.25) is 14.3 Å². The molecule has 4 rings (SSSR count). The monoisotopic (exact) mass is 390 g/mol. The van der Waals surface area contributed by atoms with Crippen molar-refractivity contribution in [1.82, 2.24) is 15.1 Å². The Hall–Kier alpha value is -3.61. The number of nitrogens with one attached hydrogen (secondary N) is 2. The van der Waals surface area contributed by atoms with Crippen LogP contribution in [0.25, 0.3) is 0 Å². The first-order valence-corrected chi connectivity index (χ1v) is 9.39. The van der Waals surface area contributed by atoms with Crippen LogP contribution in [0.4, 0.5) is 5.69 Å². The van der Waals surface area contributed by atoms with E-state index >= 15 is 0 Å². The molecule has 3 aromatic rings. The second-order valence-electron chi connectivity index (χ2n) is 7.09. The molecule has 2 aromatic carbocycles. The summed E-state index contributed by atoms with van der Waals surface area (Å²) in [6.07, 6.45) is 3.12. The van der Waals surface area contributed by atoms with Gasteiger partial charge in [-0.05, 0) is 24.6 Å². The van der Waals surface area contributed by atoms with Crippen LogP contribution in [0.2, 0.25) is 0 Å². The Bertz CT molecular complexity index is 1070. The Kier molecular flexibility index (Phi) is 4.80. The summed E-state index contributed by atoms with van der Waals surface area (Å²) in [5, 5.41) is 9.52. The van der Waals surface area contributed by atoms with E-state index in [0.717, 1.165) is 11.1 Å². The van der Waals surface area contributed by atoms with Crippen molar-refractivity contribution in [2.75, 3.05) is 12.4 Å². The number of carbonyl (C=O) groups is 2. The minimum Gasteiger partial charge on any atom is -0.489 e. The highest BCUT2D eigenvalue weighted by atomic mass is 16.5. The van der Waals surface area contributed by atoms with E-state index in [0.29, 0.717) is 22.6 Å². The van der Waals surface area contributed by atoms with Crippen LogP contribution in [0, 0.1) is 0 Å². The molecule has 2 N–H and O–H groups in total. The molecule has 29 heavy (non-hydrogen) atoms. The zero-order valence-corrected chi connectivity index (χ0v) is 16.5. The van der Waals surface area contributed by atoms with E-state index in [1.807, 2.05) is 43.3 Å². The van der Waals surface area contributed by atoms with Gasteiger partial charge in [-0.25, -0.2) is 0 Å². The maximum atomic E-state index is 12.9. The number of hydrogen-bond donors (Lipinski definition) is 2. The van der Waals surface area contributed by atoms with Crippen LogP contribution >= 0.6 is 0 Å². The van der Waals surface area contributed by atoms with Gasteiger partial charge in [0, 0.05) is 37.3 Å². The quantitative estimate of drug-likeness (QED) is 0.717. The molecule has 2 unspecified atom stereocenters. The van der Waals surface area contributed by atoms with Gasteiger partial charge in [-0.1, -0.05) is 30.3 Å². The molecule has 0 saturated heterocycles. The molecule has 1 aliphatic heterocycles. The van der Waals surface area contributed by atoms with Crippen LogP contribution in [-0.4, -0.2) is 34.7 Å². The summed E-state index contributed by atoms with van der Waals surface area (Å²) in [5.74, 6) is -0.139. The molecule has 1 aliphatic rings. The number of carbonyl (C=O) groups excluding carboxylic acids is 2. The third kappa shape index (κ3) is 3.47. The van der Waals surface area contributed by atoms with Crippen LogP contribution in [0.15, 0.2) is 54.9 Å². The Labute approximate surface area is 168 Å². The third-order valence-corrected chi connectivity index (χ3v) is 5.08. The van der Waals surface area contributed by atoms with Gasteiger partial charge in [0.15, 0.2) is 0 Å². The van der Waals surface area contributed by atoms with Gasteiger partial charge in [0.1, 0.15) is 11.9 Å². The van der Waals surface area contributed by atoms with Crippen LogP contribution < -0.4 is 15.4 Å². The molecule has 0 radical (unpaired) electrons. The second-order valence-corrected chi connectivity index (χ2v) is 7.09. The van der Waals surface area contributed by atoms with Gasteiger partial charge in [0.25, 0.3) is 11.8 Å². The van der Waals surface area contributed by atoms with Crippen LogP contribution in [0.1, 0.15) is 44.7 Å². The summed E-state index contributed by atoms with van der Waals surface area (Å²) >= 11 is 0. The first-order chi connectivity index (χ1) is 14.0. The summed E-state index contributed by atoms with van der Waals surface area (Å²) in [5.41, 5.74) is 3.24. The zero-order chi connectivity index (χ0) is 20.5. The molecule has 1 aromatic heterocycles.